The van der Waals surface area contributed by atoms with Crippen molar-refractivity contribution in [3.8, 4) is 11.5 Å². The number of alkyl halides is 1. The van der Waals surface area contributed by atoms with E-state index in [0.29, 0.717) is 39.6 Å². The van der Waals surface area contributed by atoms with Gasteiger partial charge < -0.3 is 25.2 Å². The number of anilines is 2. The van der Waals surface area contributed by atoms with Crippen LogP contribution in [0.3, 0.4) is 0 Å². The van der Waals surface area contributed by atoms with Gasteiger partial charge in [0.15, 0.2) is 34.6 Å². The van der Waals surface area contributed by atoms with E-state index in [4.69, 9.17) is 14.6 Å². The van der Waals surface area contributed by atoms with Crippen LogP contribution in [0, 0.1) is 23.3 Å². The number of halogens is 5. The lowest BCUT2D eigenvalue weighted by atomic mass is 10.2. The zero-order valence-electron chi connectivity index (χ0n) is 36.2. The van der Waals surface area contributed by atoms with E-state index in [1.165, 1.54) is 70.8 Å². The van der Waals surface area contributed by atoms with Crippen molar-refractivity contribution in [2.75, 3.05) is 37.1 Å². The number of hydrogen-bond donors (Lipinski definition) is 4. The number of fused-ring (bicyclic) bond motifs is 2. The van der Waals surface area contributed by atoms with Gasteiger partial charge in [-0.1, -0.05) is 15.9 Å². The predicted octanol–water partition coefficient (Wildman–Crippen LogP) is 3.34. The van der Waals surface area contributed by atoms with Crippen molar-refractivity contribution >= 4 is 51.2 Å². The highest BCUT2D eigenvalue weighted by molar-refractivity contribution is 9.08. The van der Waals surface area contributed by atoms with Gasteiger partial charge >= 0.3 is 0 Å². The zero-order valence-corrected chi connectivity index (χ0v) is 37.8. The van der Waals surface area contributed by atoms with Crippen molar-refractivity contribution in [2.45, 2.75) is 30.6 Å². The number of amides is 4. The van der Waals surface area contributed by atoms with E-state index in [9.17, 15) is 36.7 Å². The molecular formula is C43H39BrF4N14O7. The minimum atomic E-state index is -0.964. The number of aromatic nitrogens is 10. The fourth-order valence-corrected chi connectivity index (χ4v) is 6.33. The molecule has 9 heterocycles. The van der Waals surface area contributed by atoms with Crippen molar-refractivity contribution in [3.05, 3.63) is 156 Å². The molecule has 0 spiro atoms. The Balaban J connectivity index is 0.000000170. The number of rotatable bonds is 8. The summed E-state index contributed by atoms with van der Waals surface area (Å²) in [6.07, 6.45) is 13.2. The van der Waals surface area contributed by atoms with Crippen LogP contribution in [0.5, 0.6) is 11.5 Å². The maximum Gasteiger partial charge on any atom is 0.291 e. The molecule has 0 unspecified atom stereocenters. The lowest BCUT2D eigenvalue weighted by Gasteiger charge is -2.19. The molecule has 4 N–H and O–H groups in total. The van der Waals surface area contributed by atoms with Crippen molar-refractivity contribution in [2.24, 2.45) is 0 Å². The summed E-state index contributed by atoms with van der Waals surface area (Å²) in [5.74, 6) is -2.65. The SMILES string of the molecule is CN1C(=O)[C@@H](NC(=O)c2[nH]ncc2F)COc2cccnc21.CN1C(=O)[C@@H](NC(=O)c2ncn(Cc3cncc(F)c3)n2)COc2cccnc21.Fc1cncc(CBr)c1.OCc1cncc(F)c1. The molecule has 69 heavy (non-hydrogen) atoms. The Hall–Kier alpha value is -8.26. The zero-order chi connectivity index (χ0) is 49.5. The largest absolute Gasteiger partial charge is 0.487 e. The van der Waals surface area contributed by atoms with Crippen molar-refractivity contribution in [1.29, 1.82) is 0 Å². The highest BCUT2D eigenvalue weighted by Crippen LogP contribution is 2.28. The minimum Gasteiger partial charge on any atom is -0.487 e. The first kappa shape index (κ1) is 50.2. The van der Waals surface area contributed by atoms with Crippen LogP contribution in [0.15, 0.2) is 105 Å². The monoisotopic (exact) mass is 1020 g/mol. The lowest BCUT2D eigenvalue weighted by molar-refractivity contribution is -0.121. The molecular weight excluding hydrogens is 980 g/mol. The Labute approximate surface area is 397 Å². The van der Waals surface area contributed by atoms with Gasteiger partial charge in [0.2, 0.25) is 5.82 Å². The summed E-state index contributed by atoms with van der Waals surface area (Å²) in [5, 5.41) is 23.8. The van der Waals surface area contributed by atoms with Crippen LogP contribution >= 0.6 is 15.9 Å². The standard InChI is InChI=1S/C18H16FN7O3.C13H12FN5O3.C6H5BrFN.C6H6FNO/c1-25-16-14(3-2-4-21-16)29-9-13(18(25)28)23-17(27)15-22-10-26(24-15)8-11-5-12(19)7-20-6-11;1-19-11-9(3-2-4-15-11)22-6-8(13(19)21)17-12(20)10-7(14)5-16-18-10;7-2-5-1-6(8)4-9-3-5;7-6-1-5(4-9)2-8-3-6/h2-7,10,13H,8-9H2,1H3,(H,23,27);2-5,8H,6H2,1H3,(H,16,18)(H,17,20);1,3-4H,2H2;1-3,9H,4H2/t13-;8-;;/m00../s1. The maximum atomic E-state index is 13.3. The average molecular weight is 1020 g/mol. The second-order valence-corrected chi connectivity index (χ2v) is 14.9. The molecule has 0 aromatic carbocycles. The summed E-state index contributed by atoms with van der Waals surface area (Å²) >= 11 is 3.18. The molecule has 2 atom stereocenters. The molecule has 0 bridgehead atoms. The molecule has 358 valence electrons. The smallest absolute Gasteiger partial charge is 0.291 e. The van der Waals surface area contributed by atoms with Gasteiger partial charge in [-0.15, -0.1) is 5.10 Å². The van der Waals surface area contributed by atoms with Crippen LogP contribution in [0.4, 0.5) is 29.2 Å². The predicted molar refractivity (Wildman–Crippen MR) is 238 cm³/mol. The second-order valence-electron chi connectivity index (χ2n) is 14.3. The maximum absolute atomic E-state index is 13.3. The molecule has 9 rings (SSSR count). The summed E-state index contributed by atoms with van der Waals surface area (Å²) in [7, 11) is 3.08. The first-order valence-electron chi connectivity index (χ1n) is 20.1. The van der Waals surface area contributed by atoms with Crippen molar-refractivity contribution in [3.63, 3.8) is 0 Å². The van der Waals surface area contributed by atoms with Gasteiger partial charge in [0.25, 0.3) is 23.6 Å². The molecule has 21 nitrogen and oxygen atoms in total. The second kappa shape index (κ2) is 24.0. The van der Waals surface area contributed by atoms with Gasteiger partial charge in [-0.25, -0.2) is 37.2 Å². The number of pyridine rings is 5. The number of aromatic amines is 1. The van der Waals surface area contributed by atoms with E-state index in [1.807, 2.05) is 0 Å². The van der Waals surface area contributed by atoms with Crippen LogP contribution < -0.4 is 29.9 Å². The Morgan fingerprint density at radius 1 is 0.739 bits per heavy atom. The molecule has 0 fully saturated rings. The van der Waals surface area contributed by atoms with E-state index < -0.39 is 47.3 Å². The Kier molecular flexibility index (Phi) is 17.4. The molecule has 2 aliphatic rings. The van der Waals surface area contributed by atoms with Crippen LogP contribution in [0.25, 0.3) is 0 Å². The molecule has 7 aromatic heterocycles. The first-order valence-corrected chi connectivity index (χ1v) is 21.2. The number of nitrogens with zero attached hydrogens (tertiary/aromatic N) is 11. The van der Waals surface area contributed by atoms with E-state index in [-0.39, 0.29) is 49.6 Å². The fourth-order valence-electron chi connectivity index (χ4n) is 6.02. The Morgan fingerprint density at radius 2 is 1.25 bits per heavy atom. The molecule has 0 radical (unpaired) electrons. The average Bonchev–Trinajstić information content (AvgIpc) is 3.97. The van der Waals surface area contributed by atoms with Crippen molar-refractivity contribution in [1.82, 2.24) is 60.5 Å². The summed E-state index contributed by atoms with van der Waals surface area (Å²) in [6, 6.07) is 8.85. The third-order valence-electron chi connectivity index (χ3n) is 9.34. The number of ether oxygens (including phenoxy) is 2. The van der Waals surface area contributed by atoms with Gasteiger partial charge in [0.05, 0.1) is 37.9 Å². The minimum absolute atomic E-state index is 0.0523. The number of nitrogens with one attached hydrogen (secondary N) is 3. The molecule has 0 saturated heterocycles. The number of carbonyl (C=O) groups is 4. The van der Waals surface area contributed by atoms with E-state index in [2.05, 4.69) is 71.8 Å². The highest BCUT2D eigenvalue weighted by Gasteiger charge is 2.33. The molecule has 2 aliphatic heterocycles. The Bertz CT molecular complexity index is 2850. The number of carbonyl (C=O) groups excluding carboxylic acids is 4. The summed E-state index contributed by atoms with van der Waals surface area (Å²) < 4.78 is 63.5. The van der Waals surface area contributed by atoms with Gasteiger partial charge in [0.1, 0.15) is 49.1 Å². The normalized spacial score (nSPS) is 14.8. The number of aliphatic hydroxyl groups excluding tert-OH is 1. The third-order valence-corrected chi connectivity index (χ3v) is 9.99. The topological polar surface area (TPSA) is 261 Å². The van der Waals surface area contributed by atoms with Gasteiger partial charge in [-0.3, -0.25) is 49.0 Å². The molecule has 26 heteroatoms. The van der Waals surface area contributed by atoms with Crippen LogP contribution in [-0.4, -0.2) is 118 Å². The fraction of sp³-hybridized carbons (Fsp3) is 0.209. The van der Waals surface area contributed by atoms with Crippen molar-refractivity contribution < 1.29 is 51.3 Å². The molecule has 7 aromatic rings. The summed E-state index contributed by atoms with van der Waals surface area (Å²) in [5.41, 5.74) is 1.58. The highest BCUT2D eigenvalue weighted by atomic mass is 79.9. The number of likely N-dealkylation sites (N-methyl/N-ethyl adjacent to an activating group) is 2. The number of hydrogen-bond acceptors (Lipinski definition) is 15. The number of H-pyrrole nitrogens is 1. The van der Waals surface area contributed by atoms with Crippen LogP contribution in [0.2, 0.25) is 0 Å². The molecule has 0 saturated carbocycles. The quantitative estimate of drug-likeness (QED) is 0.126. The first-order chi connectivity index (χ1) is 33.2. The van der Waals surface area contributed by atoms with Gasteiger partial charge in [-0.2, -0.15) is 5.10 Å². The van der Waals surface area contributed by atoms with E-state index >= 15 is 0 Å². The molecule has 4 amide bonds. The molecule has 0 aliphatic carbocycles. The van der Waals surface area contributed by atoms with E-state index in [1.54, 1.807) is 43.7 Å². The van der Waals surface area contributed by atoms with Crippen LogP contribution in [0.1, 0.15) is 37.8 Å². The lowest BCUT2D eigenvalue weighted by Crippen LogP contribution is -2.49. The summed E-state index contributed by atoms with van der Waals surface area (Å²) in [4.78, 5) is 75.2. The van der Waals surface area contributed by atoms with Gasteiger partial charge in [-0.05, 0) is 59.2 Å². The number of aliphatic hydroxyl groups is 1. The van der Waals surface area contributed by atoms with Gasteiger partial charge in [0, 0.05) is 50.4 Å². The van der Waals surface area contributed by atoms with E-state index in [0.717, 1.165) is 24.2 Å². The van der Waals surface area contributed by atoms with Crippen LogP contribution in [-0.2, 0) is 28.1 Å². The Morgan fingerprint density at radius 3 is 1.72 bits per heavy atom. The summed E-state index contributed by atoms with van der Waals surface area (Å²) in [6.45, 7) is -0.0996. The third kappa shape index (κ3) is 13.7.